The summed E-state index contributed by atoms with van der Waals surface area (Å²) in [4.78, 5) is 14.8. The number of H-pyrrole nitrogens is 1. The molecule has 7 heteroatoms. The number of nitrogens with one attached hydrogen (secondary N) is 1. The zero-order valence-electron chi connectivity index (χ0n) is 9.73. The molecule has 1 aromatic heterocycles. The van der Waals surface area contributed by atoms with E-state index in [0.717, 1.165) is 0 Å². The lowest BCUT2D eigenvalue weighted by Gasteiger charge is -2.11. The highest BCUT2D eigenvalue weighted by molar-refractivity contribution is 6.51. The Kier molecular flexibility index (Phi) is 3.26. The molecule has 0 aliphatic heterocycles. The van der Waals surface area contributed by atoms with Gasteiger partial charge < -0.3 is 10.7 Å². The Balaban J connectivity index is 2.71. The Hall–Kier alpha value is -1.13. The van der Waals surface area contributed by atoms with Crippen LogP contribution in [0.4, 0.5) is 5.69 Å². The fourth-order valence-electron chi connectivity index (χ4n) is 2.15. The Bertz CT molecular complexity index is 933. The second-order valence-electron chi connectivity index (χ2n) is 4.25. The molecule has 0 spiro atoms. The molecule has 20 heavy (non-hydrogen) atoms. The van der Waals surface area contributed by atoms with Gasteiger partial charge in [-0.05, 0) is 17.5 Å². The Morgan fingerprint density at radius 1 is 0.950 bits per heavy atom. The predicted molar refractivity (Wildman–Crippen MR) is 86.5 cm³/mol. The average molecular weight is 348 g/mol. The zero-order valence-corrected chi connectivity index (χ0v) is 12.8. The van der Waals surface area contributed by atoms with Gasteiger partial charge in [0.25, 0.3) is 5.56 Å². The zero-order chi connectivity index (χ0) is 14.6. The van der Waals surface area contributed by atoms with Crippen LogP contribution >= 0.6 is 46.4 Å². The second kappa shape index (κ2) is 4.71. The molecular formula is C13H6Cl4N2O. The third-order valence-electron chi connectivity index (χ3n) is 3.09. The third kappa shape index (κ3) is 1.85. The molecule has 0 atom stereocenters. The van der Waals surface area contributed by atoms with Crippen LogP contribution < -0.4 is 11.3 Å². The van der Waals surface area contributed by atoms with E-state index in [0.29, 0.717) is 26.7 Å². The topological polar surface area (TPSA) is 58.9 Å². The molecule has 0 bridgehead atoms. The van der Waals surface area contributed by atoms with Crippen LogP contribution in [0.3, 0.4) is 0 Å². The first-order chi connectivity index (χ1) is 9.41. The largest absolute Gasteiger partial charge is 0.396 e. The van der Waals surface area contributed by atoms with Crippen LogP contribution in [0.25, 0.3) is 21.7 Å². The summed E-state index contributed by atoms with van der Waals surface area (Å²) in [5.74, 6) is 0. The van der Waals surface area contributed by atoms with Gasteiger partial charge in [0.05, 0.1) is 26.3 Å². The fourth-order valence-corrected chi connectivity index (χ4v) is 3.10. The maximum absolute atomic E-state index is 12.1. The molecule has 1 heterocycles. The number of rotatable bonds is 0. The molecule has 0 amide bonds. The molecule has 2 aromatic carbocycles. The highest BCUT2D eigenvalue weighted by Crippen LogP contribution is 2.43. The summed E-state index contributed by atoms with van der Waals surface area (Å²) in [6.07, 6.45) is 0. The summed E-state index contributed by atoms with van der Waals surface area (Å²) in [7, 11) is 0. The number of anilines is 1. The molecular weight excluding hydrogens is 342 g/mol. The van der Waals surface area contributed by atoms with Gasteiger partial charge >= 0.3 is 0 Å². The van der Waals surface area contributed by atoms with Gasteiger partial charge in [0.2, 0.25) is 0 Å². The number of hydrogen-bond acceptors (Lipinski definition) is 2. The van der Waals surface area contributed by atoms with E-state index >= 15 is 0 Å². The Morgan fingerprint density at radius 3 is 2.35 bits per heavy atom. The van der Waals surface area contributed by atoms with Crippen molar-refractivity contribution >= 4 is 73.8 Å². The van der Waals surface area contributed by atoms with Crippen molar-refractivity contribution in [3.05, 3.63) is 48.6 Å². The highest BCUT2D eigenvalue weighted by Gasteiger charge is 2.18. The molecule has 0 fully saturated rings. The molecule has 0 saturated heterocycles. The summed E-state index contributed by atoms with van der Waals surface area (Å²) in [5, 5.41) is 2.59. The molecule has 3 aromatic rings. The minimum absolute atomic E-state index is 0.134. The van der Waals surface area contributed by atoms with E-state index < -0.39 is 0 Å². The van der Waals surface area contributed by atoms with Gasteiger partial charge in [-0.1, -0.05) is 52.5 Å². The van der Waals surface area contributed by atoms with Crippen LogP contribution in [0.5, 0.6) is 0 Å². The second-order valence-corrected chi connectivity index (χ2v) is 5.82. The molecule has 3 N–H and O–H groups in total. The maximum Gasteiger partial charge on any atom is 0.256 e. The average Bonchev–Trinajstić information content (AvgIpc) is 2.43. The van der Waals surface area contributed by atoms with Crippen molar-refractivity contribution in [1.29, 1.82) is 0 Å². The predicted octanol–water partition coefficient (Wildman–Crippen LogP) is 4.88. The molecule has 0 radical (unpaired) electrons. The summed E-state index contributed by atoms with van der Waals surface area (Å²) < 4.78 is 0. The number of nitrogen functional groups attached to an aromatic ring is 1. The van der Waals surface area contributed by atoms with E-state index in [4.69, 9.17) is 52.1 Å². The first kappa shape index (κ1) is 13.8. The normalized spacial score (nSPS) is 11.4. The number of aromatic nitrogens is 1. The van der Waals surface area contributed by atoms with Crippen molar-refractivity contribution in [3.63, 3.8) is 0 Å². The number of nitrogens with two attached hydrogens (primary N) is 1. The standard InChI is InChI=1S/C13H6Cl4N2O/c14-4-1-2-5-6(3-4)13(20)19-12-7(5)8(15)9(16)11(18)10(12)17/h1-3H,18H2,(H,19,20). The first-order valence-electron chi connectivity index (χ1n) is 5.49. The van der Waals surface area contributed by atoms with Gasteiger partial charge in [-0.25, -0.2) is 0 Å². The third-order valence-corrected chi connectivity index (χ3v) is 4.58. The SMILES string of the molecule is Nc1c(Cl)c(Cl)c2c([nH]c(=O)c3cc(Cl)ccc32)c1Cl. The quantitative estimate of drug-likeness (QED) is 0.346. The van der Waals surface area contributed by atoms with Crippen molar-refractivity contribution in [2.75, 3.05) is 5.73 Å². The number of pyridine rings is 1. The van der Waals surface area contributed by atoms with E-state index in [-0.39, 0.29) is 26.3 Å². The number of hydrogen-bond donors (Lipinski definition) is 2. The van der Waals surface area contributed by atoms with Gasteiger partial charge in [0.15, 0.2) is 0 Å². The molecule has 3 nitrogen and oxygen atoms in total. The lowest BCUT2D eigenvalue weighted by molar-refractivity contribution is 1.34. The number of aromatic amines is 1. The summed E-state index contributed by atoms with van der Waals surface area (Å²) in [5.41, 5.74) is 5.94. The minimum Gasteiger partial charge on any atom is -0.396 e. The number of halogens is 4. The van der Waals surface area contributed by atoms with E-state index in [1.807, 2.05) is 0 Å². The van der Waals surface area contributed by atoms with Gasteiger partial charge in [0, 0.05) is 15.8 Å². The highest BCUT2D eigenvalue weighted by atomic mass is 35.5. The summed E-state index contributed by atoms with van der Waals surface area (Å²) in [6, 6.07) is 4.92. The van der Waals surface area contributed by atoms with E-state index in [1.165, 1.54) is 0 Å². The molecule has 102 valence electrons. The maximum atomic E-state index is 12.1. The van der Waals surface area contributed by atoms with Crippen molar-refractivity contribution in [1.82, 2.24) is 4.98 Å². The number of fused-ring (bicyclic) bond motifs is 3. The van der Waals surface area contributed by atoms with Crippen molar-refractivity contribution < 1.29 is 0 Å². The van der Waals surface area contributed by atoms with Crippen molar-refractivity contribution in [3.8, 4) is 0 Å². The fraction of sp³-hybridized carbons (Fsp3) is 0. The van der Waals surface area contributed by atoms with Crippen LogP contribution in [0.2, 0.25) is 20.1 Å². The van der Waals surface area contributed by atoms with Crippen LogP contribution in [-0.2, 0) is 0 Å². The smallest absolute Gasteiger partial charge is 0.256 e. The Morgan fingerprint density at radius 2 is 1.65 bits per heavy atom. The van der Waals surface area contributed by atoms with E-state index in [9.17, 15) is 4.79 Å². The van der Waals surface area contributed by atoms with Gasteiger partial charge in [-0.15, -0.1) is 0 Å². The molecule has 0 saturated carbocycles. The van der Waals surface area contributed by atoms with Crippen LogP contribution in [0.1, 0.15) is 0 Å². The lowest BCUT2D eigenvalue weighted by Crippen LogP contribution is -2.07. The lowest BCUT2D eigenvalue weighted by atomic mass is 10.1. The molecule has 3 rings (SSSR count). The summed E-state index contributed by atoms with van der Waals surface area (Å²) >= 11 is 24.4. The van der Waals surface area contributed by atoms with Crippen molar-refractivity contribution in [2.24, 2.45) is 0 Å². The van der Waals surface area contributed by atoms with Gasteiger partial charge in [0.1, 0.15) is 0 Å². The first-order valence-corrected chi connectivity index (χ1v) is 7.00. The van der Waals surface area contributed by atoms with Gasteiger partial charge in [-0.2, -0.15) is 0 Å². The van der Waals surface area contributed by atoms with Crippen molar-refractivity contribution in [2.45, 2.75) is 0 Å². The number of benzene rings is 2. The minimum atomic E-state index is -0.324. The van der Waals surface area contributed by atoms with Crippen LogP contribution in [0, 0.1) is 0 Å². The van der Waals surface area contributed by atoms with Crippen LogP contribution in [0.15, 0.2) is 23.0 Å². The van der Waals surface area contributed by atoms with E-state index in [2.05, 4.69) is 4.98 Å². The molecule has 0 unspecified atom stereocenters. The Labute approximate surface area is 133 Å². The monoisotopic (exact) mass is 346 g/mol. The summed E-state index contributed by atoms with van der Waals surface area (Å²) in [6.45, 7) is 0. The van der Waals surface area contributed by atoms with E-state index in [1.54, 1.807) is 18.2 Å². The van der Waals surface area contributed by atoms with Gasteiger partial charge in [-0.3, -0.25) is 4.79 Å². The molecule has 0 aliphatic rings. The van der Waals surface area contributed by atoms with Crippen LogP contribution in [-0.4, -0.2) is 4.98 Å². The molecule has 0 aliphatic carbocycles.